The van der Waals surface area contributed by atoms with Gasteiger partial charge in [-0.2, -0.15) is 0 Å². The summed E-state index contributed by atoms with van der Waals surface area (Å²) in [6, 6.07) is 0.703. The van der Waals surface area contributed by atoms with Crippen molar-refractivity contribution in [3.63, 3.8) is 0 Å². The molecule has 1 saturated heterocycles. The van der Waals surface area contributed by atoms with E-state index in [-0.39, 0.29) is 0 Å². The predicted molar refractivity (Wildman–Crippen MR) is 68.3 cm³/mol. The van der Waals surface area contributed by atoms with Gasteiger partial charge >= 0.3 is 0 Å². The van der Waals surface area contributed by atoms with Gasteiger partial charge in [0.2, 0.25) is 0 Å². The average Bonchev–Trinajstić information content (AvgIpc) is 3.01. The number of likely N-dealkylation sites (tertiary alicyclic amines) is 1. The van der Waals surface area contributed by atoms with Crippen molar-refractivity contribution in [3.05, 3.63) is 11.1 Å². The maximum absolute atomic E-state index is 3.85. The fourth-order valence-electron chi connectivity index (χ4n) is 2.24. The van der Waals surface area contributed by atoms with E-state index in [4.69, 9.17) is 0 Å². The number of hydrogen-bond acceptors (Lipinski definition) is 2. The largest absolute Gasteiger partial charge is 0.309 e. The monoisotopic (exact) mass is 272 g/mol. The van der Waals surface area contributed by atoms with Crippen LogP contribution >= 0.6 is 15.9 Å². The van der Waals surface area contributed by atoms with Crippen molar-refractivity contribution < 1.29 is 0 Å². The third-order valence-electron chi connectivity index (χ3n) is 3.38. The Labute approximate surface area is 101 Å². The van der Waals surface area contributed by atoms with E-state index < -0.39 is 0 Å². The molecule has 0 unspecified atom stereocenters. The van der Waals surface area contributed by atoms with Crippen LogP contribution in [0.15, 0.2) is 11.1 Å². The summed E-state index contributed by atoms with van der Waals surface area (Å²) in [6.07, 6.45) is 5.54. The minimum Gasteiger partial charge on any atom is -0.309 e. The molecule has 0 bridgehead atoms. The lowest BCUT2D eigenvalue weighted by Crippen LogP contribution is -2.43. The first-order valence-corrected chi connectivity index (χ1v) is 6.82. The molecule has 15 heavy (non-hydrogen) atoms. The first-order chi connectivity index (χ1) is 7.24. The highest BCUT2D eigenvalue weighted by molar-refractivity contribution is 9.11. The van der Waals surface area contributed by atoms with Crippen LogP contribution in [-0.2, 0) is 0 Å². The highest BCUT2D eigenvalue weighted by atomic mass is 79.9. The van der Waals surface area contributed by atoms with Gasteiger partial charge < -0.3 is 10.2 Å². The molecule has 0 atom stereocenters. The van der Waals surface area contributed by atoms with Crippen molar-refractivity contribution >= 4 is 15.9 Å². The molecular weight excluding hydrogens is 252 g/mol. The maximum Gasteiger partial charge on any atom is 0.0268 e. The minimum atomic E-state index is 0.703. The van der Waals surface area contributed by atoms with Crippen LogP contribution < -0.4 is 5.32 Å². The Balaban J connectivity index is 1.60. The molecule has 2 fully saturated rings. The molecule has 0 aromatic rings. The van der Waals surface area contributed by atoms with Gasteiger partial charge in [0.15, 0.2) is 0 Å². The standard InChI is InChI=1S/C12H21BrN2/c1-10(13)8-14-12-4-6-15(7-5-12)9-11-2-3-11/h11-12,14H,1-9H2. The second-order valence-electron chi connectivity index (χ2n) is 4.92. The van der Waals surface area contributed by atoms with Crippen LogP contribution in [0.3, 0.4) is 0 Å². The molecule has 2 aliphatic rings. The van der Waals surface area contributed by atoms with Crippen molar-refractivity contribution in [2.75, 3.05) is 26.2 Å². The molecule has 2 nitrogen and oxygen atoms in total. The third-order valence-corrected chi connectivity index (χ3v) is 3.66. The Hall–Kier alpha value is 0.140. The van der Waals surface area contributed by atoms with Crippen molar-refractivity contribution in [1.82, 2.24) is 10.2 Å². The molecule has 2 rings (SSSR count). The van der Waals surface area contributed by atoms with E-state index in [0.717, 1.165) is 16.9 Å². The van der Waals surface area contributed by atoms with E-state index in [9.17, 15) is 0 Å². The van der Waals surface area contributed by atoms with Gasteiger partial charge in [-0.05, 0) is 44.7 Å². The van der Waals surface area contributed by atoms with Crippen LogP contribution in [0.5, 0.6) is 0 Å². The summed E-state index contributed by atoms with van der Waals surface area (Å²) >= 11 is 3.39. The summed E-state index contributed by atoms with van der Waals surface area (Å²) in [4.78, 5) is 2.64. The Morgan fingerprint density at radius 3 is 2.47 bits per heavy atom. The van der Waals surface area contributed by atoms with Crippen LogP contribution in [0.25, 0.3) is 0 Å². The van der Waals surface area contributed by atoms with Gasteiger partial charge in [0, 0.05) is 23.6 Å². The lowest BCUT2D eigenvalue weighted by atomic mass is 10.0. The number of nitrogens with one attached hydrogen (secondary N) is 1. The minimum absolute atomic E-state index is 0.703. The molecular formula is C12H21BrN2. The SMILES string of the molecule is C=C(Br)CNC1CCN(CC2CC2)CC1. The van der Waals surface area contributed by atoms with Gasteiger partial charge in [0.25, 0.3) is 0 Å². The average molecular weight is 273 g/mol. The zero-order valence-electron chi connectivity index (χ0n) is 9.34. The molecule has 1 aliphatic carbocycles. The first kappa shape index (κ1) is 11.6. The second-order valence-corrected chi connectivity index (χ2v) is 6.04. The Morgan fingerprint density at radius 2 is 1.93 bits per heavy atom. The van der Waals surface area contributed by atoms with E-state index in [1.165, 1.54) is 45.3 Å². The first-order valence-electron chi connectivity index (χ1n) is 6.03. The zero-order chi connectivity index (χ0) is 10.7. The summed E-state index contributed by atoms with van der Waals surface area (Å²) in [5.74, 6) is 1.04. The molecule has 1 N–H and O–H groups in total. The summed E-state index contributed by atoms with van der Waals surface area (Å²) in [5.41, 5.74) is 0. The van der Waals surface area contributed by atoms with Crippen molar-refractivity contribution in [2.24, 2.45) is 5.92 Å². The molecule has 1 heterocycles. The quantitative estimate of drug-likeness (QED) is 0.827. The van der Waals surface area contributed by atoms with E-state index >= 15 is 0 Å². The summed E-state index contributed by atoms with van der Waals surface area (Å²) < 4.78 is 1.06. The van der Waals surface area contributed by atoms with Crippen LogP contribution in [-0.4, -0.2) is 37.1 Å². The number of hydrogen-bond donors (Lipinski definition) is 1. The van der Waals surface area contributed by atoms with Gasteiger partial charge in [-0.25, -0.2) is 0 Å². The van der Waals surface area contributed by atoms with Crippen molar-refractivity contribution in [3.8, 4) is 0 Å². The molecule has 0 aromatic carbocycles. The van der Waals surface area contributed by atoms with Gasteiger partial charge in [-0.15, -0.1) is 0 Å². The summed E-state index contributed by atoms with van der Waals surface area (Å²) in [6.45, 7) is 8.68. The van der Waals surface area contributed by atoms with E-state index in [0.29, 0.717) is 6.04 Å². The molecule has 1 saturated carbocycles. The van der Waals surface area contributed by atoms with Crippen molar-refractivity contribution in [2.45, 2.75) is 31.7 Å². The second kappa shape index (κ2) is 5.46. The fraction of sp³-hybridized carbons (Fsp3) is 0.833. The van der Waals surface area contributed by atoms with Crippen LogP contribution in [0.2, 0.25) is 0 Å². The normalized spacial score (nSPS) is 24.3. The molecule has 0 amide bonds. The van der Waals surface area contributed by atoms with Gasteiger partial charge in [0.05, 0.1) is 0 Å². The van der Waals surface area contributed by atoms with E-state index in [2.05, 4.69) is 32.7 Å². The highest BCUT2D eigenvalue weighted by Gasteiger charge is 2.26. The number of piperidine rings is 1. The Kier molecular flexibility index (Phi) is 4.23. The topological polar surface area (TPSA) is 15.3 Å². The predicted octanol–water partition coefficient (Wildman–Crippen LogP) is 2.36. The summed E-state index contributed by atoms with van der Waals surface area (Å²) in [5, 5.41) is 3.54. The number of halogens is 1. The van der Waals surface area contributed by atoms with Crippen LogP contribution in [0.4, 0.5) is 0 Å². The van der Waals surface area contributed by atoms with Gasteiger partial charge in [0.1, 0.15) is 0 Å². The fourth-order valence-corrected chi connectivity index (χ4v) is 2.40. The lowest BCUT2D eigenvalue weighted by molar-refractivity contribution is 0.193. The summed E-state index contributed by atoms with van der Waals surface area (Å²) in [7, 11) is 0. The van der Waals surface area contributed by atoms with E-state index in [1.807, 2.05) is 0 Å². The third kappa shape index (κ3) is 4.25. The molecule has 0 aromatic heterocycles. The Morgan fingerprint density at radius 1 is 1.27 bits per heavy atom. The van der Waals surface area contributed by atoms with Crippen LogP contribution in [0.1, 0.15) is 25.7 Å². The smallest absolute Gasteiger partial charge is 0.0268 e. The van der Waals surface area contributed by atoms with Crippen molar-refractivity contribution in [1.29, 1.82) is 0 Å². The highest BCUT2D eigenvalue weighted by Crippen LogP contribution is 2.30. The van der Waals surface area contributed by atoms with E-state index in [1.54, 1.807) is 0 Å². The van der Waals surface area contributed by atoms with Gasteiger partial charge in [-0.1, -0.05) is 22.5 Å². The molecule has 86 valence electrons. The molecule has 3 heteroatoms. The molecule has 0 radical (unpaired) electrons. The number of nitrogens with zero attached hydrogens (tertiary/aromatic N) is 1. The molecule has 1 aliphatic heterocycles. The maximum atomic E-state index is 3.85. The molecule has 0 spiro atoms. The van der Waals surface area contributed by atoms with Gasteiger partial charge in [-0.3, -0.25) is 0 Å². The lowest BCUT2D eigenvalue weighted by Gasteiger charge is -2.32. The number of rotatable bonds is 5. The zero-order valence-corrected chi connectivity index (χ0v) is 10.9. The Bertz CT molecular complexity index is 218. The van der Waals surface area contributed by atoms with Crippen LogP contribution in [0, 0.1) is 5.92 Å².